The lowest BCUT2D eigenvalue weighted by Crippen LogP contribution is -2.41. The van der Waals surface area contributed by atoms with Gasteiger partial charge in [-0.05, 0) is 50.6 Å². The predicted octanol–water partition coefficient (Wildman–Crippen LogP) is 4.38. The van der Waals surface area contributed by atoms with Gasteiger partial charge in [-0.1, -0.05) is 35.3 Å². The molecule has 2 aromatic rings. The maximum atomic E-state index is 12.6. The van der Waals surface area contributed by atoms with Gasteiger partial charge < -0.3 is 15.5 Å². The van der Waals surface area contributed by atoms with E-state index in [-0.39, 0.29) is 17.7 Å². The van der Waals surface area contributed by atoms with E-state index in [1.807, 2.05) is 19.1 Å². The molecular formula is C21H24Cl2N4O2. The van der Waals surface area contributed by atoms with Crippen LogP contribution in [0.15, 0.2) is 36.4 Å². The minimum absolute atomic E-state index is 0.0277. The lowest BCUT2D eigenvalue weighted by atomic mass is 9.97. The molecule has 1 atom stereocenters. The molecule has 0 radical (unpaired) electrons. The number of hydrogen-bond donors (Lipinski definition) is 2. The molecule has 1 saturated heterocycles. The molecule has 3 rings (SSSR count). The molecule has 1 aliphatic heterocycles. The number of nitrogens with zero attached hydrogens (tertiary/aromatic N) is 2. The van der Waals surface area contributed by atoms with Crippen molar-refractivity contribution in [2.75, 3.05) is 30.3 Å². The molecule has 29 heavy (non-hydrogen) atoms. The summed E-state index contributed by atoms with van der Waals surface area (Å²) < 4.78 is 0. The number of likely N-dealkylation sites (tertiary alicyclic amines) is 1. The third-order valence-corrected chi connectivity index (χ3v) is 5.53. The quantitative estimate of drug-likeness (QED) is 0.707. The van der Waals surface area contributed by atoms with Crippen molar-refractivity contribution in [3.8, 4) is 0 Å². The van der Waals surface area contributed by atoms with E-state index in [1.165, 1.54) is 0 Å². The van der Waals surface area contributed by atoms with Crippen LogP contribution in [0.25, 0.3) is 0 Å². The lowest BCUT2D eigenvalue weighted by Gasteiger charge is -2.31. The third-order valence-electron chi connectivity index (χ3n) is 4.90. The van der Waals surface area contributed by atoms with Crippen molar-refractivity contribution in [2.45, 2.75) is 26.2 Å². The fraction of sp³-hybridized carbons (Fsp3) is 0.381. The summed E-state index contributed by atoms with van der Waals surface area (Å²) in [5.74, 6) is 0.269. The number of piperidine rings is 1. The Labute approximate surface area is 180 Å². The smallest absolute Gasteiger partial charge is 0.229 e. The van der Waals surface area contributed by atoms with Gasteiger partial charge in [0.1, 0.15) is 5.82 Å². The van der Waals surface area contributed by atoms with E-state index in [4.69, 9.17) is 23.2 Å². The number of carbonyl (C=O) groups excluding carboxylic acids is 2. The molecule has 6 nitrogen and oxygen atoms in total. The van der Waals surface area contributed by atoms with Crippen LogP contribution in [0.4, 0.5) is 11.5 Å². The number of amides is 2. The van der Waals surface area contributed by atoms with Crippen molar-refractivity contribution in [2.24, 2.45) is 5.92 Å². The van der Waals surface area contributed by atoms with E-state index >= 15 is 0 Å². The van der Waals surface area contributed by atoms with Gasteiger partial charge in [0.25, 0.3) is 0 Å². The maximum absolute atomic E-state index is 12.6. The summed E-state index contributed by atoms with van der Waals surface area (Å²) in [7, 11) is 0. The number of nitrogens with one attached hydrogen (secondary N) is 2. The molecule has 0 spiro atoms. The normalized spacial score (nSPS) is 17.0. The monoisotopic (exact) mass is 434 g/mol. The van der Waals surface area contributed by atoms with Crippen LogP contribution >= 0.6 is 23.2 Å². The summed E-state index contributed by atoms with van der Waals surface area (Å²) in [6, 6.07) is 10.6. The van der Waals surface area contributed by atoms with Gasteiger partial charge in [0, 0.05) is 25.2 Å². The van der Waals surface area contributed by atoms with Crippen LogP contribution in [0, 0.1) is 12.8 Å². The number of hydrogen-bond acceptors (Lipinski definition) is 4. The highest BCUT2D eigenvalue weighted by atomic mass is 35.5. The fourth-order valence-corrected chi connectivity index (χ4v) is 3.88. The van der Waals surface area contributed by atoms with E-state index in [0.717, 1.165) is 25.1 Å². The van der Waals surface area contributed by atoms with Gasteiger partial charge in [-0.25, -0.2) is 4.98 Å². The number of para-hydroxylation sites is 1. The Morgan fingerprint density at radius 3 is 2.59 bits per heavy atom. The number of benzene rings is 1. The Morgan fingerprint density at radius 1 is 1.14 bits per heavy atom. The second-order valence-corrected chi connectivity index (χ2v) is 8.00. The second kappa shape index (κ2) is 10.1. The molecule has 0 bridgehead atoms. The molecule has 1 aromatic carbocycles. The molecule has 1 unspecified atom stereocenters. The maximum Gasteiger partial charge on any atom is 0.229 e. The average molecular weight is 435 g/mol. The Bertz CT molecular complexity index is 870. The number of pyridine rings is 1. The first-order chi connectivity index (χ1) is 13.9. The standard InChI is InChI=1S/C21H24Cl2N4O2/c1-14-5-2-9-18(24-14)25-21(29)15-6-4-11-27(13-15)12-10-19(28)26-20-16(22)7-3-8-17(20)23/h2-3,5,7-9,15H,4,6,10-13H2,1H3,(H,26,28)(H,24,25,29). The summed E-state index contributed by atoms with van der Waals surface area (Å²) >= 11 is 12.2. The molecule has 1 aromatic heterocycles. The number of aryl methyl sites for hydroxylation is 1. The minimum Gasteiger partial charge on any atom is -0.324 e. The SMILES string of the molecule is Cc1cccc(NC(=O)C2CCCN(CCC(=O)Nc3c(Cl)cccc3Cl)C2)n1. The third kappa shape index (κ3) is 6.16. The van der Waals surface area contributed by atoms with Gasteiger partial charge >= 0.3 is 0 Å². The average Bonchev–Trinajstić information content (AvgIpc) is 2.69. The molecule has 0 saturated carbocycles. The zero-order chi connectivity index (χ0) is 20.8. The van der Waals surface area contributed by atoms with Gasteiger partial charge in [-0.3, -0.25) is 9.59 Å². The lowest BCUT2D eigenvalue weighted by molar-refractivity contribution is -0.121. The Kier molecular flexibility index (Phi) is 7.47. The van der Waals surface area contributed by atoms with Crippen LogP contribution in [0.1, 0.15) is 25.0 Å². The van der Waals surface area contributed by atoms with Crippen molar-refractivity contribution in [1.29, 1.82) is 0 Å². The molecule has 0 aliphatic carbocycles. The Balaban J connectivity index is 1.49. The van der Waals surface area contributed by atoms with Crippen LogP contribution in [0.5, 0.6) is 0 Å². The van der Waals surface area contributed by atoms with E-state index in [1.54, 1.807) is 24.3 Å². The minimum atomic E-state index is -0.157. The van der Waals surface area contributed by atoms with Crippen LogP contribution in [-0.4, -0.2) is 41.3 Å². The summed E-state index contributed by atoms with van der Waals surface area (Å²) in [5.41, 5.74) is 1.29. The zero-order valence-electron chi connectivity index (χ0n) is 16.3. The van der Waals surface area contributed by atoms with Gasteiger partial charge in [0.2, 0.25) is 11.8 Å². The van der Waals surface area contributed by atoms with Gasteiger partial charge in [0.15, 0.2) is 0 Å². The van der Waals surface area contributed by atoms with Crippen LogP contribution < -0.4 is 10.6 Å². The molecule has 154 valence electrons. The Hall–Kier alpha value is -2.15. The number of halogens is 2. The highest BCUT2D eigenvalue weighted by Gasteiger charge is 2.26. The topological polar surface area (TPSA) is 74.3 Å². The molecule has 1 fully saturated rings. The number of aromatic nitrogens is 1. The first kappa shape index (κ1) is 21.6. The molecule has 2 heterocycles. The fourth-order valence-electron chi connectivity index (χ4n) is 3.39. The number of anilines is 2. The molecule has 8 heteroatoms. The van der Waals surface area contributed by atoms with E-state index in [9.17, 15) is 9.59 Å². The number of rotatable bonds is 6. The molecule has 2 N–H and O–H groups in total. The second-order valence-electron chi connectivity index (χ2n) is 7.19. The molecule has 1 aliphatic rings. The van der Waals surface area contributed by atoms with E-state index in [2.05, 4.69) is 20.5 Å². The Morgan fingerprint density at radius 2 is 1.86 bits per heavy atom. The summed E-state index contributed by atoms with van der Waals surface area (Å²) in [6.45, 7) is 3.95. The van der Waals surface area contributed by atoms with E-state index < -0.39 is 0 Å². The summed E-state index contributed by atoms with van der Waals surface area (Å²) in [5, 5.41) is 6.49. The van der Waals surface area contributed by atoms with Crippen LogP contribution in [0.3, 0.4) is 0 Å². The first-order valence-corrected chi connectivity index (χ1v) is 10.4. The summed E-state index contributed by atoms with van der Waals surface area (Å²) in [6.07, 6.45) is 2.04. The largest absolute Gasteiger partial charge is 0.324 e. The van der Waals surface area contributed by atoms with Crippen LogP contribution in [-0.2, 0) is 9.59 Å². The van der Waals surface area contributed by atoms with Crippen molar-refractivity contribution < 1.29 is 9.59 Å². The predicted molar refractivity (Wildman–Crippen MR) is 116 cm³/mol. The van der Waals surface area contributed by atoms with Crippen molar-refractivity contribution in [3.05, 3.63) is 52.1 Å². The zero-order valence-corrected chi connectivity index (χ0v) is 17.8. The van der Waals surface area contributed by atoms with Gasteiger partial charge in [0.05, 0.1) is 21.7 Å². The summed E-state index contributed by atoms with van der Waals surface area (Å²) in [4.78, 5) is 31.4. The highest BCUT2D eigenvalue weighted by molar-refractivity contribution is 6.39. The highest BCUT2D eigenvalue weighted by Crippen LogP contribution is 2.29. The van der Waals surface area contributed by atoms with Gasteiger partial charge in [-0.2, -0.15) is 0 Å². The van der Waals surface area contributed by atoms with E-state index in [0.29, 0.717) is 41.1 Å². The number of carbonyl (C=O) groups is 2. The van der Waals surface area contributed by atoms with Crippen molar-refractivity contribution >= 4 is 46.5 Å². The first-order valence-electron chi connectivity index (χ1n) is 9.63. The van der Waals surface area contributed by atoms with Gasteiger partial charge in [-0.15, -0.1) is 0 Å². The molecular weight excluding hydrogens is 411 g/mol. The van der Waals surface area contributed by atoms with Crippen molar-refractivity contribution in [3.63, 3.8) is 0 Å². The van der Waals surface area contributed by atoms with Crippen LogP contribution in [0.2, 0.25) is 10.0 Å². The molecule has 2 amide bonds. The van der Waals surface area contributed by atoms with Crippen molar-refractivity contribution in [1.82, 2.24) is 9.88 Å².